The Labute approximate surface area is 180 Å². The van der Waals surface area contributed by atoms with Crippen LogP contribution in [0.25, 0.3) is 0 Å². The lowest BCUT2D eigenvalue weighted by Gasteiger charge is -2.27. The number of hydrogen-bond acceptors (Lipinski definition) is 7. The molecule has 0 bridgehead atoms. The Morgan fingerprint density at radius 3 is 2.58 bits per heavy atom. The van der Waals surface area contributed by atoms with Gasteiger partial charge in [0.15, 0.2) is 0 Å². The van der Waals surface area contributed by atoms with Crippen molar-refractivity contribution in [2.45, 2.75) is 32.1 Å². The Bertz CT molecular complexity index is 1050. The predicted molar refractivity (Wildman–Crippen MR) is 111 cm³/mol. The Morgan fingerprint density at radius 1 is 1.29 bits per heavy atom. The second-order valence-electron chi connectivity index (χ2n) is 8.53. The molecule has 3 N–H and O–H groups in total. The van der Waals surface area contributed by atoms with Crippen LogP contribution in [0.2, 0.25) is 0 Å². The van der Waals surface area contributed by atoms with Crippen LogP contribution in [0, 0.1) is 11.3 Å². The Balaban J connectivity index is 1.65. The number of aromatic nitrogens is 2. The van der Waals surface area contributed by atoms with Crippen LogP contribution in [0.4, 0.5) is 4.79 Å². The Morgan fingerprint density at radius 2 is 1.97 bits per heavy atom. The molecule has 0 aliphatic carbocycles. The van der Waals surface area contributed by atoms with Crippen molar-refractivity contribution in [3.8, 4) is 17.7 Å². The average molecular weight is 423 g/mol. The molecular weight excluding hydrogens is 398 g/mol. The van der Waals surface area contributed by atoms with Crippen molar-refractivity contribution >= 4 is 6.09 Å². The highest BCUT2D eigenvalue weighted by Crippen LogP contribution is 2.45. The molecule has 2 aliphatic rings. The van der Waals surface area contributed by atoms with Crippen LogP contribution < -0.4 is 15.2 Å². The van der Waals surface area contributed by atoms with Crippen molar-refractivity contribution in [3.05, 3.63) is 52.5 Å². The van der Waals surface area contributed by atoms with E-state index in [1.165, 1.54) is 0 Å². The van der Waals surface area contributed by atoms with Gasteiger partial charge in [-0.2, -0.15) is 5.26 Å². The molecule has 3 heterocycles. The minimum atomic E-state index is -0.439. The number of nitrogens with two attached hydrogens (primary N) is 1. The van der Waals surface area contributed by atoms with Gasteiger partial charge in [-0.25, -0.2) is 4.79 Å². The topological polar surface area (TPSA) is 126 Å². The normalized spacial score (nSPS) is 18.8. The highest BCUT2D eigenvalue weighted by molar-refractivity contribution is 5.71. The van der Waals surface area contributed by atoms with Crippen LogP contribution in [0.15, 0.2) is 35.7 Å². The van der Waals surface area contributed by atoms with Gasteiger partial charge < -0.3 is 24.8 Å². The third kappa shape index (κ3) is 3.94. The summed E-state index contributed by atoms with van der Waals surface area (Å²) in [6.07, 6.45) is -0.406. The number of aromatic amines is 1. The van der Waals surface area contributed by atoms with E-state index in [1.54, 1.807) is 17.0 Å². The fraction of sp³-hybridized carbons (Fsp3) is 0.409. The smallest absolute Gasteiger partial charge is 0.415 e. The number of allylic oxidation sites excluding steroid dienone is 1. The quantitative estimate of drug-likeness (QED) is 0.760. The van der Waals surface area contributed by atoms with Gasteiger partial charge in [-0.15, -0.1) is 5.10 Å². The second-order valence-corrected chi connectivity index (χ2v) is 8.53. The number of hydrogen-bond donors (Lipinski definition) is 2. The second kappa shape index (κ2) is 7.96. The fourth-order valence-corrected chi connectivity index (χ4v) is 3.79. The summed E-state index contributed by atoms with van der Waals surface area (Å²) in [6, 6.07) is 9.26. The first-order valence-corrected chi connectivity index (χ1v) is 10.1. The number of ether oxygens (including phenoxy) is 3. The zero-order valence-corrected chi connectivity index (χ0v) is 17.8. The first kappa shape index (κ1) is 20.8. The van der Waals surface area contributed by atoms with Gasteiger partial charge in [0.2, 0.25) is 11.8 Å². The van der Waals surface area contributed by atoms with Crippen molar-refractivity contribution in [1.29, 1.82) is 5.26 Å². The summed E-state index contributed by atoms with van der Waals surface area (Å²) in [4.78, 5) is 13.9. The van der Waals surface area contributed by atoms with Crippen LogP contribution in [-0.4, -0.2) is 47.5 Å². The van der Waals surface area contributed by atoms with Crippen molar-refractivity contribution < 1.29 is 19.0 Å². The maximum absolute atomic E-state index is 12.3. The molecule has 1 fully saturated rings. The molecule has 0 radical (unpaired) electrons. The maximum Gasteiger partial charge on any atom is 0.415 e. The number of rotatable bonds is 2. The third-order valence-corrected chi connectivity index (χ3v) is 5.38. The van der Waals surface area contributed by atoms with E-state index < -0.39 is 12.0 Å². The van der Waals surface area contributed by atoms with Crippen molar-refractivity contribution in [2.75, 3.05) is 26.3 Å². The summed E-state index contributed by atoms with van der Waals surface area (Å²) >= 11 is 0. The zero-order chi connectivity index (χ0) is 22.2. The van der Waals surface area contributed by atoms with Crippen LogP contribution in [-0.2, 0) is 10.2 Å². The first-order valence-electron chi connectivity index (χ1n) is 10.1. The molecule has 1 atom stereocenters. The number of fused-ring (bicyclic) bond motifs is 1. The van der Waals surface area contributed by atoms with Crippen molar-refractivity contribution in [2.24, 2.45) is 5.73 Å². The molecule has 0 spiro atoms. The molecule has 1 saturated heterocycles. The first-order chi connectivity index (χ1) is 14.8. The highest BCUT2D eigenvalue weighted by Gasteiger charge is 2.38. The number of morpholine rings is 1. The molecule has 4 rings (SSSR count). The summed E-state index contributed by atoms with van der Waals surface area (Å²) in [5.41, 5.74) is 8.57. The lowest BCUT2D eigenvalue weighted by Crippen LogP contribution is -2.42. The highest BCUT2D eigenvalue weighted by atomic mass is 16.6. The summed E-state index contributed by atoms with van der Waals surface area (Å²) in [6.45, 7) is 8.19. The monoisotopic (exact) mass is 423 g/mol. The SMILES string of the molecule is CC(C)(C)c1[nH]nc2c1[C@H](c1ccc(OC(=O)N3CCOCC3)cc1)C(C#N)=C(N)O2. The van der Waals surface area contributed by atoms with Gasteiger partial charge in [0.05, 0.1) is 24.7 Å². The molecule has 2 aromatic rings. The molecule has 1 aromatic carbocycles. The van der Waals surface area contributed by atoms with Gasteiger partial charge in [-0.05, 0) is 17.7 Å². The maximum atomic E-state index is 12.3. The average Bonchev–Trinajstić information content (AvgIpc) is 3.18. The molecule has 0 unspecified atom stereocenters. The van der Waals surface area contributed by atoms with E-state index in [9.17, 15) is 10.1 Å². The number of amides is 1. The van der Waals surface area contributed by atoms with E-state index >= 15 is 0 Å². The molecule has 1 aromatic heterocycles. The van der Waals surface area contributed by atoms with E-state index in [-0.39, 0.29) is 11.3 Å². The molecule has 9 heteroatoms. The number of carbonyl (C=O) groups excluding carboxylic acids is 1. The van der Waals surface area contributed by atoms with Gasteiger partial charge in [0.1, 0.15) is 17.4 Å². The van der Waals surface area contributed by atoms with Gasteiger partial charge >= 0.3 is 6.09 Å². The molecule has 0 saturated carbocycles. The van der Waals surface area contributed by atoms with Crippen LogP contribution >= 0.6 is 0 Å². The van der Waals surface area contributed by atoms with E-state index in [0.29, 0.717) is 43.5 Å². The van der Waals surface area contributed by atoms with E-state index in [0.717, 1.165) is 16.8 Å². The van der Waals surface area contributed by atoms with Gasteiger partial charge in [0.25, 0.3) is 0 Å². The van der Waals surface area contributed by atoms with Crippen LogP contribution in [0.3, 0.4) is 0 Å². The molecule has 162 valence electrons. The number of benzene rings is 1. The van der Waals surface area contributed by atoms with Gasteiger partial charge in [-0.1, -0.05) is 32.9 Å². The van der Waals surface area contributed by atoms with E-state index in [1.807, 2.05) is 12.1 Å². The van der Waals surface area contributed by atoms with Crippen molar-refractivity contribution in [1.82, 2.24) is 15.1 Å². The lowest BCUT2D eigenvalue weighted by atomic mass is 9.79. The number of nitrogens with one attached hydrogen (secondary N) is 1. The minimum Gasteiger partial charge on any atom is -0.420 e. The van der Waals surface area contributed by atoms with Gasteiger partial charge in [0, 0.05) is 24.2 Å². The number of nitriles is 1. The number of carbonyl (C=O) groups is 1. The standard InChI is InChI=1S/C22H25N5O4/c1-22(2,3)18-17-16(15(12-23)19(24)31-20(17)26-25-18)13-4-6-14(7-5-13)30-21(28)27-8-10-29-11-9-27/h4-7,16H,8-11,24H2,1-3H3,(H,25,26)/t16-/m1/s1. The van der Waals surface area contributed by atoms with Gasteiger partial charge in [-0.3, -0.25) is 5.10 Å². The molecular formula is C22H25N5O4. The van der Waals surface area contributed by atoms with E-state index in [2.05, 4.69) is 37.0 Å². The summed E-state index contributed by atoms with van der Waals surface area (Å²) < 4.78 is 16.4. The van der Waals surface area contributed by atoms with Crippen LogP contribution in [0.1, 0.15) is 43.5 Å². The third-order valence-electron chi connectivity index (χ3n) is 5.38. The lowest BCUT2D eigenvalue weighted by molar-refractivity contribution is 0.0416. The Hall–Kier alpha value is -3.51. The number of nitrogens with zero attached hydrogens (tertiary/aromatic N) is 3. The molecule has 31 heavy (non-hydrogen) atoms. The summed E-state index contributed by atoms with van der Waals surface area (Å²) in [5.74, 6) is 0.390. The molecule has 2 aliphatic heterocycles. The number of H-pyrrole nitrogens is 1. The Kier molecular flexibility index (Phi) is 5.33. The summed E-state index contributed by atoms with van der Waals surface area (Å²) in [5, 5.41) is 17.1. The molecule has 9 nitrogen and oxygen atoms in total. The predicted octanol–water partition coefficient (Wildman–Crippen LogP) is 2.76. The molecule has 1 amide bonds. The van der Waals surface area contributed by atoms with Crippen LogP contribution in [0.5, 0.6) is 11.6 Å². The van der Waals surface area contributed by atoms with E-state index in [4.69, 9.17) is 19.9 Å². The fourth-order valence-electron chi connectivity index (χ4n) is 3.79. The summed E-state index contributed by atoms with van der Waals surface area (Å²) in [7, 11) is 0. The van der Waals surface area contributed by atoms with Crippen molar-refractivity contribution in [3.63, 3.8) is 0 Å². The minimum absolute atomic E-state index is 0.0368. The zero-order valence-electron chi connectivity index (χ0n) is 17.8. The largest absolute Gasteiger partial charge is 0.420 e.